The number of hydrogen-bond donors (Lipinski definition) is 0. The summed E-state index contributed by atoms with van der Waals surface area (Å²) >= 11 is 0. The fourth-order valence-electron chi connectivity index (χ4n) is 0.231. The van der Waals surface area contributed by atoms with Crippen molar-refractivity contribution in [3.63, 3.8) is 0 Å². The number of hydrogen-bond acceptors (Lipinski definition) is 0. The Bertz CT molecular complexity index is 42.6. The predicted molar refractivity (Wildman–Crippen MR) is 29.5 cm³/mol. The van der Waals surface area contributed by atoms with E-state index in [1.807, 2.05) is 20.8 Å². The van der Waals surface area contributed by atoms with Crippen LogP contribution in [-0.2, 0) is 0 Å². The second kappa shape index (κ2) is 2.29. The van der Waals surface area contributed by atoms with Crippen LogP contribution >= 0.6 is 0 Å². The molecule has 1 heteroatoms. The molecule has 0 rings (SSSR count). The monoisotopic (exact) mass is 103 g/mol. The number of halogens is 1. The maximum Gasteiger partial charge on any atom is 0.132 e. The summed E-state index contributed by atoms with van der Waals surface area (Å²) in [6.07, 6.45) is 0.549. The van der Waals surface area contributed by atoms with Crippen molar-refractivity contribution < 1.29 is 4.39 Å². The molecule has 0 aromatic heterocycles. The van der Waals surface area contributed by atoms with Crippen molar-refractivity contribution in [1.82, 2.24) is 0 Å². The summed E-state index contributed by atoms with van der Waals surface area (Å²) in [6, 6.07) is 0. The third kappa shape index (κ3) is 5.93. The maximum atomic E-state index is 11.4. The van der Waals surface area contributed by atoms with Crippen LogP contribution in [0.15, 0.2) is 0 Å². The van der Waals surface area contributed by atoms with Crippen LogP contribution in [-0.4, -0.2) is 0 Å². The highest BCUT2D eigenvalue weighted by Crippen LogP contribution is 2.19. The Morgan fingerprint density at radius 2 is 1.86 bits per heavy atom. The summed E-state index contributed by atoms with van der Waals surface area (Å²) in [4.78, 5) is 0. The van der Waals surface area contributed by atoms with E-state index >= 15 is 0 Å². The van der Waals surface area contributed by atoms with Crippen LogP contribution in [0.4, 0.5) is 4.39 Å². The average Bonchev–Trinajstić information content (AvgIpc) is 1.30. The third-order valence-corrected chi connectivity index (χ3v) is 0.690. The molecule has 0 aliphatic rings. The lowest BCUT2D eigenvalue weighted by Crippen LogP contribution is -2.02. The Labute approximate surface area is 44.7 Å². The normalized spacial score (nSPS) is 12.0. The molecule has 0 aliphatic heterocycles. The fourth-order valence-corrected chi connectivity index (χ4v) is 0.231. The highest BCUT2D eigenvalue weighted by molar-refractivity contribution is 4.64. The maximum absolute atomic E-state index is 11.4. The van der Waals surface area contributed by atoms with Crippen LogP contribution in [0.1, 0.15) is 27.2 Å². The van der Waals surface area contributed by atoms with Crippen LogP contribution in [0.2, 0.25) is 0 Å². The molecule has 0 saturated carbocycles. The Morgan fingerprint density at radius 3 is 1.86 bits per heavy atom. The van der Waals surface area contributed by atoms with E-state index < -0.39 is 0 Å². The zero-order valence-corrected chi connectivity index (χ0v) is 5.16. The smallest absolute Gasteiger partial charge is 0.132 e. The molecular formula is C6H12F. The van der Waals surface area contributed by atoms with Gasteiger partial charge in [-0.3, -0.25) is 0 Å². The summed E-state index contributed by atoms with van der Waals surface area (Å²) in [5, 5.41) is 0. The Morgan fingerprint density at radius 1 is 1.43 bits per heavy atom. The van der Waals surface area contributed by atoms with Gasteiger partial charge in [-0.1, -0.05) is 20.8 Å². The average molecular weight is 103 g/mol. The molecule has 0 heterocycles. The van der Waals surface area contributed by atoms with Gasteiger partial charge in [-0.2, -0.15) is 0 Å². The topological polar surface area (TPSA) is 0 Å². The lowest BCUT2D eigenvalue weighted by Gasteiger charge is -2.13. The molecule has 0 unspecified atom stereocenters. The first-order valence-corrected chi connectivity index (χ1v) is 2.48. The lowest BCUT2D eigenvalue weighted by atomic mass is 9.93. The minimum Gasteiger partial charge on any atom is -0.244 e. The van der Waals surface area contributed by atoms with Gasteiger partial charge in [-0.25, -0.2) is 4.39 Å². The van der Waals surface area contributed by atoms with Crippen LogP contribution in [0.25, 0.3) is 0 Å². The SMILES string of the molecule is CC(C)(C)C[CH]F. The van der Waals surface area contributed by atoms with Crippen LogP contribution in [0.3, 0.4) is 0 Å². The highest BCUT2D eigenvalue weighted by Gasteiger charge is 2.08. The molecule has 0 aliphatic carbocycles. The molecule has 1 radical (unpaired) electrons. The van der Waals surface area contributed by atoms with Crippen molar-refractivity contribution in [2.24, 2.45) is 5.41 Å². The first-order valence-electron chi connectivity index (χ1n) is 2.48. The summed E-state index contributed by atoms with van der Waals surface area (Å²) in [6.45, 7) is 6.72. The molecule has 7 heavy (non-hydrogen) atoms. The summed E-state index contributed by atoms with van der Waals surface area (Å²) in [5.41, 5.74) is 0.120. The first-order chi connectivity index (χ1) is 3.06. The van der Waals surface area contributed by atoms with Gasteiger partial charge in [-0.05, 0) is 11.8 Å². The van der Waals surface area contributed by atoms with Gasteiger partial charge < -0.3 is 0 Å². The summed E-state index contributed by atoms with van der Waals surface area (Å²) in [7, 11) is 0. The van der Waals surface area contributed by atoms with Crippen molar-refractivity contribution in [1.29, 1.82) is 0 Å². The molecule has 0 amide bonds. The molecule has 0 aromatic carbocycles. The zero-order chi connectivity index (χ0) is 5.91. The molecule has 0 atom stereocenters. The van der Waals surface area contributed by atoms with Crippen molar-refractivity contribution in [2.75, 3.05) is 0 Å². The Kier molecular flexibility index (Phi) is 2.27. The van der Waals surface area contributed by atoms with E-state index in [0.717, 1.165) is 0 Å². The van der Waals surface area contributed by atoms with Gasteiger partial charge in [0.05, 0.1) is 0 Å². The van der Waals surface area contributed by atoms with Crippen molar-refractivity contribution >= 4 is 0 Å². The van der Waals surface area contributed by atoms with Crippen LogP contribution in [0, 0.1) is 12.1 Å². The highest BCUT2D eigenvalue weighted by atomic mass is 19.1. The molecule has 0 fully saturated rings. The van der Waals surface area contributed by atoms with E-state index in [1.54, 1.807) is 0 Å². The van der Waals surface area contributed by atoms with E-state index in [4.69, 9.17) is 0 Å². The zero-order valence-electron chi connectivity index (χ0n) is 5.16. The molecule has 0 spiro atoms. The molecule has 0 bridgehead atoms. The van der Waals surface area contributed by atoms with Gasteiger partial charge in [0.2, 0.25) is 0 Å². The molecule has 0 saturated heterocycles. The van der Waals surface area contributed by atoms with Crippen molar-refractivity contribution in [3.8, 4) is 0 Å². The molecule has 0 nitrogen and oxygen atoms in total. The largest absolute Gasteiger partial charge is 0.244 e. The predicted octanol–water partition coefficient (Wildman–Crippen LogP) is 2.55. The Balaban J connectivity index is 3.15. The quantitative estimate of drug-likeness (QED) is 0.478. The fraction of sp³-hybridized carbons (Fsp3) is 0.833. The van der Waals surface area contributed by atoms with E-state index in [9.17, 15) is 4.39 Å². The van der Waals surface area contributed by atoms with Crippen molar-refractivity contribution in [3.05, 3.63) is 6.67 Å². The lowest BCUT2D eigenvalue weighted by molar-refractivity contribution is 0.363. The second-order valence-electron chi connectivity index (χ2n) is 2.92. The van der Waals surface area contributed by atoms with Crippen LogP contribution < -0.4 is 0 Å². The first kappa shape index (κ1) is 6.93. The standard InChI is InChI=1S/C6H12F/c1-6(2,3)4-5-7/h5H,4H2,1-3H3. The van der Waals surface area contributed by atoms with E-state index in [-0.39, 0.29) is 5.41 Å². The van der Waals surface area contributed by atoms with Crippen LogP contribution in [0.5, 0.6) is 0 Å². The third-order valence-electron chi connectivity index (χ3n) is 0.690. The van der Waals surface area contributed by atoms with Gasteiger partial charge >= 0.3 is 0 Å². The van der Waals surface area contributed by atoms with Gasteiger partial charge in [0.15, 0.2) is 0 Å². The van der Waals surface area contributed by atoms with Crippen molar-refractivity contribution in [2.45, 2.75) is 27.2 Å². The molecular weight excluding hydrogens is 91.1 g/mol. The van der Waals surface area contributed by atoms with Gasteiger partial charge in [0, 0.05) is 0 Å². The molecule has 0 aromatic rings. The van der Waals surface area contributed by atoms with E-state index in [0.29, 0.717) is 13.1 Å². The molecule has 0 N–H and O–H groups in total. The van der Waals surface area contributed by atoms with Gasteiger partial charge in [0.1, 0.15) is 6.67 Å². The minimum atomic E-state index is 0.120. The Hall–Kier alpha value is -0.0700. The summed E-state index contributed by atoms with van der Waals surface area (Å²) < 4.78 is 11.4. The number of rotatable bonds is 1. The van der Waals surface area contributed by atoms with Gasteiger partial charge in [0.25, 0.3) is 0 Å². The molecule has 43 valence electrons. The van der Waals surface area contributed by atoms with E-state index in [2.05, 4.69) is 0 Å². The van der Waals surface area contributed by atoms with Gasteiger partial charge in [-0.15, -0.1) is 0 Å². The second-order valence-corrected chi connectivity index (χ2v) is 2.92. The minimum absolute atomic E-state index is 0.120. The summed E-state index contributed by atoms with van der Waals surface area (Å²) in [5.74, 6) is 0. The van der Waals surface area contributed by atoms with E-state index in [1.165, 1.54) is 0 Å².